The van der Waals surface area contributed by atoms with E-state index in [0.29, 0.717) is 9.96 Å². The maximum atomic E-state index is 12.4. The van der Waals surface area contributed by atoms with Gasteiger partial charge in [0, 0.05) is 11.6 Å². The molecule has 0 saturated carbocycles. The van der Waals surface area contributed by atoms with E-state index in [9.17, 15) is 8.42 Å². The summed E-state index contributed by atoms with van der Waals surface area (Å²) < 4.78 is 33.9. The first-order chi connectivity index (χ1) is 9.85. The molecule has 0 spiro atoms. The number of halogens is 1. The topological polar surface area (TPSA) is 55.4 Å². The van der Waals surface area contributed by atoms with Gasteiger partial charge in [-0.25, -0.2) is 13.1 Å². The minimum absolute atomic E-state index is 0.300. The summed E-state index contributed by atoms with van der Waals surface area (Å²) in [5.74, 6) is 0.663. The zero-order chi connectivity index (χ0) is 15.6. The lowest BCUT2D eigenvalue weighted by atomic mass is 10.1. The minimum Gasteiger partial charge on any atom is -0.496 e. The molecule has 1 N–H and O–H groups in total. The normalized spacial score (nSPS) is 13.1. The van der Waals surface area contributed by atoms with E-state index >= 15 is 0 Å². The number of aryl methyl sites for hydroxylation is 1. The molecular formula is C14H16BrNO3S2. The monoisotopic (exact) mass is 389 g/mol. The Hall–Kier alpha value is -0.890. The highest BCUT2D eigenvalue weighted by molar-refractivity contribution is 9.11. The zero-order valence-corrected chi connectivity index (χ0v) is 15.1. The molecule has 0 fully saturated rings. The molecule has 2 aromatic rings. The average molecular weight is 390 g/mol. The Bertz CT molecular complexity index is 721. The van der Waals surface area contributed by atoms with E-state index in [4.69, 9.17) is 4.74 Å². The maximum absolute atomic E-state index is 12.4. The van der Waals surface area contributed by atoms with Crippen LogP contribution in [-0.2, 0) is 10.0 Å². The quantitative estimate of drug-likeness (QED) is 0.844. The van der Waals surface area contributed by atoms with Crippen LogP contribution in [0.2, 0.25) is 0 Å². The van der Waals surface area contributed by atoms with Gasteiger partial charge >= 0.3 is 0 Å². The molecule has 0 aliphatic rings. The second-order valence-electron chi connectivity index (χ2n) is 4.61. The summed E-state index contributed by atoms with van der Waals surface area (Å²) in [5.41, 5.74) is 1.71. The average Bonchev–Trinajstić information content (AvgIpc) is 2.79. The number of benzene rings is 1. The van der Waals surface area contributed by atoms with E-state index in [0.717, 1.165) is 14.9 Å². The molecular weight excluding hydrogens is 374 g/mol. The molecule has 21 heavy (non-hydrogen) atoms. The molecule has 0 radical (unpaired) electrons. The van der Waals surface area contributed by atoms with Gasteiger partial charge in [0.05, 0.1) is 10.9 Å². The number of hydrogen-bond acceptors (Lipinski definition) is 4. The highest BCUT2D eigenvalue weighted by Crippen LogP contribution is 2.32. The Morgan fingerprint density at radius 1 is 1.33 bits per heavy atom. The van der Waals surface area contributed by atoms with Crippen molar-refractivity contribution in [3.63, 3.8) is 0 Å². The zero-order valence-electron chi connectivity index (χ0n) is 11.9. The lowest BCUT2D eigenvalue weighted by Gasteiger charge is -2.16. The third kappa shape index (κ3) is 3.66. The van der Waals surface area contributed by atoms with Crippen LogP contribution in [0.25, 0.3) is 0 Å². The van der Waals surface area contributed by atoms with Gasteiger partial charge in [0.25, 0.3) is 10.0 Å². The fraction of sp³-hybridized carbons (Fsp3) is 0.286. The van der Waals surface area contributed by atoms with Crippen molar-refractivity contribution >= 4 is 37.3 Å². The van der Waals surface area contributed by atoms with Crippen molar-refractivity contribution in [2.45, 2.75) is 24.1 Å². The van der Waals surface area contributed by atoms with E-state index in [1.807, 2.05) is 31.2 Å². The van der Waals surface area contributed by atoms with E-state index in [-0.39, 0.29) is 6.04 Å². The van der Waals surface area contributed by atoms with Crippen molar-refractivity contribution < 1.29 is 13.2 Å². The van der Waals surface area contributed by atoms with Gasteiger partial charge in [-0.05, 0) is 47.5 Å². The molecule has 0 aliphatic heterocycles. The lowest BCUT2D eigenvalue weighted by molar-refractivity contribution is 0.405. The Kier molecular flexibility index (Phi) is 5.08. The van der Waals surface area contributed by atoms with Gasteiger partial charge in [-0.1, -0.05) is 18.2 Å². The van der Waals surface area contributed by atoms with E-state index in [1.165, 1.54) is 11.3 Å². The van der Waals surface area contributed by atoms with Gasteiger partial charge < -0.3 is 4.74 Å². The number of hydrogen-bond donors (Lipinski definition) is 1. The standard InChI is InChI=1S/C14H16BrNO3S2/c1-9-8-13(20-14(9)15)21(17,18)16-10(2)11-6-4-5-7-12(11)19-3/h4-8,10,16H,1-3H3. The first-order valence-electron chi connectivity index (χ1n) is 6.26. The van der Waals surface area contributed by atoms with Gasteiger partial charge in [0.15, 0.2) is 0 Å². The fourth-order valence-electron chi connectivity index (χ4n) is 1.94. The fourth-order valence-corrected chi connectivity index (χ4v) is 5.41. The van der Waals surface area contributed by atoms with Crippen molar-refractivity contribution in [1.29, 1.82) is 0 Å². The van der Waals surface area contributed by atoms with Crippen LogP contribution in [0.3, 0.4) is 0 Å². The molecule has 1 aromatic carbocycles. The Balaban J connectivity index is 2.28. The summed E-state index contributed by atoms with van der Waals surface area (Å²) in [5, 5.41) is 0. The first kappa shape index (κ1) is 16.5. The van der Waals surface area contributed by atoms with Crippen LogP contribution in [0.4, 0.5) is 0 Å². The van der Waals surface area contributed by atoms with Crippen LogP contribution in [0, 0.1) is 6.92 Å². The summed E-state index contributed by atoms with van der Waals surface area (Å²) in [6, 6.07) is 8.64. The molecule has 0 aliphatic carbocycles. The summed E-state index contributed by atoms with van der Waals surface area (Å²) >= 11 is 4.55. The number of thiophene rings is 1. The van der Waals surface area contributed by atoms with Crippen molar-refractivity contribution in [3.8, 4) is 5.75 Å². The summed E-state index contributed by atoms with van der Waals surface area (Å²) in [6.45, 7) is 3.66. The molecule has 2 rings (SSSR count). The number of rotatable bonds is 5. The molecule has 1 heterocycles. The van der Waals surface area contributed by atoms with E-state index in [1.54, 1.807) is 20.1 Å². The predicted molar refractivity (Wildman–Crippen MR) is 88.5 cm³/mol. The number of para-hydroxylation sites is 1. The van der Waals surface area contributed by atoms with Crippen LogP contribution in [0.15, 0.2) is 38.3 Å². The van der Waals surface area contributed by atoms with Crippen molar-refractivity contribution in [3.05, 3.63) is 45.2 Å². The highest BCUT2D eigenvalue weighted by atomic mass is 79.9. The van der Waals surface area contributed by atoms with Crippen LogP contribution in [0.5, 0.6) is 5.75 Å². The number of sulfonamides is 1. The highest BCUT2D eigenvalue weighted by Gasteiger charge is 2.22. The summed E-state index contributed by atoms with van der Waals surface area (Å²) in [6.07, 6.45) is 0. The predicted octanol–water partition coefficient (Wildman–Crippen LogP) is 3.87. The third-order valence-corrected chi connectivity index (χ3v) is 7.19. The summed E-state index contributed by atoms with van der Waals surface area (Å²) in [4.78, 5) is 0. The molecule has 0 amide bonds. The maximum Gasteiger partial charge on any atom is 0.250 e. The van der Waals surface area contributed by atoms with Crippen LogP contribution in [0.1, 0.15) is 24.1 Å². The van der Waals surface area contributed by atoms with E-state index < -0.39 is 10.0 Å². The second kappa shape index (κ2) is 6.48. The Morgan fingerprint density at radius 3 is 2.57 bits per heavy atom. The van der Waals surface area contributed by atoms with Crippen molar-refractivity contribution in [2.75, 3.05) is 7.11 Å². The Labute approximate surface area is 137 Å². The molecule has 1 aromatic heterocycles. The largest absolute Gasteiger partial charge is 0.496 e. The first-order valence-corrected chi connectivity index (χ1v) is 9.35. The van der Waals surface area contributed by atoms with Gasteiger partial charge in [-0.15, -0.1) is 11.3 Å². The van der Waals surface area contributed by atoms with Crippen LogP contribution < -0.4 is 9.46 Å². The molecule has 0 bridgehead atoms. The van der Waals surface area contributed by atoms with E-state index in [2.05, 4.69) is 20.7 Å². The third-order valence-electron chi connectivity index (χ3n) is 3.04. The van der Waals surface area contributed by atoms with Crippen LogP contribution in [-0.4, -0.2) is 15.5 Å². The summed E-state index contributed by atoms with van der Waals surface area (Å²) in [7, 11) is -1.98. The molecule has 7 heteroatoms. The Morgan fingerprint density at radius 2 is 2.00 bits per heavy atom. The molecule has 0 saturated heterocycles. The second-order valence-corrected chi connectivity index (χ2v) is 8.92. The number of methoxy groups -OCH3 is 1. The molecule has 114 valence electrons. The van der Waals surface area contributed by atoms with Crippen LogP contribution >= 0.6 is 27.3 Å². The molecule has 1 unspecified atom stereocenters. The number of nitrogens with one attached hydrogen (secondary N) is 1. The van der Waals surface area contributed by atoms with Crippen molar-refractivity contribution in [2.24, 2.45) is 0 Å². The van der Waals surface area contributed by atoms with Gasteiger partial charge in [-0.2, -0.15) is 0 Å². The van der Waals surface area contributed by atoms with Gasteiger partial charge in [0.2, 0.25) is 0 Å². The van der Waals surface area contributed by atoms with Gasteiger partial charge in [-0.3, -0.25) is 0 Å². The van der Waals surface area contributed by atoms with Crippen molar-refractivity contribution in [1.82, 2.24) is 4.72 Å². The molecule has 1 atom stereocenters. The number of ether oxygens (including phenoxy) is 1. The SMILES string of the molecule is COc1ccccc1C(C)NS(=O)(=O)c1cc(C)c(Br)s1. The van der Waals surface area contributed by atoms with Gasteiger partial charge in [0.1, 0.15) is 9.96 Å². The lowest BCUT2D eigenvalue weighted by Crippen LogP contribution is -2.26. The molecule has 4 nitrogen and oxygen atoms in total. The smallest absolute Gasteiger partial charge is 0.250 e. The minimum atomic E-state index is -3.55.